The van der Waals surface area contributed by atoms with Crippen molar-refractivity contribution in [3.8, 4) is 0 Å². The van der Waals surface area contributed by atoms with Crippen molar-refractivity contribution in [1.82, 2.24) is 15.2 Å². The topological polar surface area (TPSA) is 76.8 Å². The average Bonchev–Trinajstić information content (AvgIpc) is 3.11. The van der Waals surface area contributed by atoms with Crippen LogP contribution < -0.4 is 5.32 Å². The van der Waals surface area contributed by atoms with E-state index in [1.165, 1.54) is 0 Å². The fraction of sp³-hybridized carbons (Fsp3) is 0.556. The zero-order chi connectivity index (χ0) is 17.1. The Bertz CT molecular complexity index is 693. The number of aromatic nitrogens is 1. The van der Waals surface area contributed by atoms with Crippen LogP contribution in [0.4, 0.5) is 4.79 Å². The molecule has 2 unspecified atom stereocenters. The van der Waals surface area contributed by atoms with Crippen LogP contribution in [-0.4, -0.2) is 61.5 Å². The highest BCUT2D eigenvalue weighted by Crippen LogP contribution is 2.28. The fourth-order valence-corrected chi connectivity index (χ4v) is 3.40. The molecule has 0 aliphatic carbocycles. The molecule has 2 amide bonds. The maximum atomic E-state index is 12.5. The Morgan fingerprint density at radius 3 is 3.08 bits per heavy atom. The Labute approximate surface area is 146 Å². The normalized spacial score (nSPS) is 24.4. The highest BCUT2D eigenvalue weighted by atomic mass is 16.6. The van der Waals surface area contributed by atoms with Crippen molar-refractivity contribution in [2.75, 3.05) is 39.5 Å². The third kappa shape index (κ3) is 3.77. The summed E-state index contributed by atoms with van der Waals surface area (Å²) in [6.07, 6.45) is 1.87. The summed E-state index contributed by atoms with van der Waals surface area (Å²) in [6.45, 7) is 3.60. The number of ether oxygens (including phenoxy) is 2. The first-order chi connectivity index (χ1) is 12.3. The first-order valence-corrected chi connectivity index (χ1v) is 8.87. The zero-order valence-corrected chi connectivity index (χ0v) is 14.1. The van der Waals surface area contributed by atoms with E-state index >= 15 is 0 Å². The smallest absolute Gasteiger partial charge is 0.317 e. The summed E-state index contributed by atoms with van der Waals surface area (Å²) < 4.78 is 16.8. The molecule has 0 saturated carbocycles. The molecule has 4 rings (SSSR count). The van der Waals surface area contributed by atoms with E-state index in [0.717, 1.165) is 36.4 Å². The number of hydrogen-bond acceptors (Lipinski definition) is 5. The molecule has 0 spiro atoms. The van der Waals surface area contributed by atoms with Crippen LogP contribution >= 0.6 is 0 Å². The molecule has 1 aromatic heterocycles. The standard InChI is InChI=1S/C18H23N3O4/c22-18(19-10-14-12-23-8-9-24-14)21-7-3-4-13(11-21)17-20-15-5-1-2-6-16(15)25-17/h1-2,5-6,13-14H,3-4,7-12H2,(H,19,22). The molecule has 1 aromatic carbocycles. The third-order valence-corrected chi connectivity index (χ3v) is 4.73. The molecule has 2 aliphatic heterocycles. The van der Waals surface area contributed by atoms with Crippen molar-refractivity contribution in [2.24, 2.45) is 0 Å². The second-order valence-corrected chi connectivity index (χ2v) is 6.56. The number of carbonyl (C=O) groups is 1. The van der Waals surface area contributed by atoms with Crippen molar-refractivity contribution in [3.63, 3.8) is 0 Å². The second kappa shape index (κ2) is 7.41. The molecule has 0 bridgehead atoms. The number of rotatable bonds is 3. The Hall–Kier alpha value is -2.12. The van der Waals surface area contributed by atoms with Gasteiger partial charge in [-0.05, 0) is 25.0 Å². The van der Waals surface area contributed by atoms with Crippen molar-refractivity contribution >= 4 is 17.1 Å². The Balaban J connectivity index is 1.35. The average molecular weight is 345 g/mol. The van der Waals surface area contributed by atoms with Gasteiger partial charge in [0.05, 0.1) is 31.8 Å². The van der Waals surface area contributed by atoms with Gasteiger partial charge < -0.3 is 24.1 Å². The molecule has 2 saturated heterocycles. The minimum Gasteiger partial charge on any atom is -0.440 e. The van der Waals surface area contributed by atoms with Crippen LogP contribution in [0.15, 0.2) is 28.7 Å². The van der Waals surface area contributed by atoms with Gasteiger partial charge in [-0.15, -0.1) is 0 Å². The number of amides is 2. The summed E-state index contributed by atoms with van der Waals surface area (Å²) in [4.78, 5) is 18.9. The van der Waals surface area contributed by atoms with E-state index < -0.39 is 0 Å². The van der Waals surface area contributed by atoms with E-state index in [0.29, 0.717) is 32.9 Å². The van der Waals surface area contributed by atoms with E-state index in [1.54, 1.807) is 0 Å². The van der Waals surface area contributed by atoms with Gasteiger partial charge in [-0.1, -0.05) is 12.1 Å². The van der Waals surface area contributed by atoms with Crippen LogP contribution in [0.3, 0.4) is 0 Å². The van der Waals surface area contributed by atoms with Gasteiger partial charge in [0.2, 0.25) is 0 Å². The second-order valence-electron chi connectivity index (χ2n) is 6.56. The van der Waals surface area contributed by atoms with Crippen LogP contribution in [0.5, 0.6) is 0 Å². The number of fused-ring (bicyclic) bond motifs is 1. The van der Waals surface area contributed by atoms with Gasteiger partial charge in [0, 0.05) is 19.6 Å². The van der Waals surface area contributed by atoms with E-state index in [9.17, 15) is 4.79 Å². The van der Waals surface area contributed by atoms with Crippen LogP contribution in [0, 0.1) is 0 Å². The summed E-state index contributed by atoms with van der Waals surface area (Å²) >= 11 is 0. The van der Waals surface area contributed by atoms with Crippen molar-refractivity contribution < 1.29 is 18.7 Å². The first kappa shape index (κ1) is 16.4. The highest BCUT2D eigenvalue weighted by molar-refractivity contribution is 5.74. The van der Waals surface area contributed by atoms with Gasteiger partial charge in [-0.3, -0.25) is 0 Å². The lowest BCUT2D eigenvalue weighted by Gasteiger charge is -2.32. The van der Waals surface area contributed by atoms with E-state index in [-0.39, 0.29) is 18.1 Å². The quantitative estimate of drug-likeness (QED) is 0.922. The zero-order valence-electron chi connectivity index (χ0n) is 14.1. The van der Waals surface area contributed by atoms with Gasteiger partial charge >= 0.3 is 6.03 Å². The molecule has 0 radical (unpaired) electrons. The number of nitrogens with zero attached hydrogens (tertiary/aromatic N) is 2. The lowest BCUT2D eigenvalue weighted by atomic mass is 9.98. The lowest BCUT2D eigenvalue weighted by Crippen LogP contribution is -2.48. The SMILES string of the molecule is O=C(NCC1COCCO1)N1CCCC(c2nc3ccccc3o2)C1. The predicted octanol–water partition coefficient (Wildman–Crippen LogP) is 2.13. The molecule has 134 valence electrons. The summed E-state index contributed by atoms with van der Waals surface area (Å²) in [5.41, 5.74) is 1.67. The number of para-hydroxylation sites is 2. The minimum absolute atomic E-state index is 0.0599. The third-order valence-electron chi connectivity index (χ3n) is 4.73. The number of nitrogens with one attached hydrogen (secondary N) is 1. The van der Waals surface area contributed by atoms with Gasteiger partial charge in [0.15, 0.2) is 11.5 Å². The van der Waals surface area contributed by atoms with Gasteiger partial charge in [-0.2, -0.15) is 0 Å². The number of piperidine rings is 1. The number of benzene rings is 1. The molecule has 2 aliphatic rings. The molecule has 1 N–H and O–H groups in total. The predicted molar refractivity (Wildman–Crippen MR) is 91.5 cm³/mol. The van der Waals surface area contributed by atoms with Crippen molar-refractivity contribution in [3.05, 3.63) is 30.2 Å². The molecule has 2 atom stereocenters. The van der Waals surface area contributed by atoms with E-state index in [1.807, 2.05) is 29.2 Å². The van der Waals surface area contributed by atoms with Gasteiger partial charge in [0.1, 0.15) is 5.52 Å². The molecule has 2 fully saturated rings. The summed E-state index contributed by atoms with van der Waals surface area (Å²) in [7, 11) is 0. The van der Waals surface area contributed by atoms with Crippen LogP contribution in [-0.2, 0) is 9.47 Å². The highest BCUT2D eigenvalue weighted by Gasteiger charge is 2.28. The number of oxazole rings is 1. The Kier molecular flexibility index (Phi) is 4.85. The van der Waals surface area contributed by atoms with Gasteiger partial charge in [-0.25, -0.2) is 9.78 Å². The van der Waals surface area contributed by atoms with E-state index in [4.69, 9.17) is 13.9 Å². The summed E-state index contributed by atoms with van der Waals surface area (Å²) in [5.74, 6) is 0.865. The Morgan fingerprint density at radius 1 is 1.32 bits per heavy atom. The first-order valence-electron chi connectivity index (χ1n) is 8.87. The van der Waals surface area contributed by atoms with Crippen LogP contribution in [0.25, 0.3) is 11.1 Å². The summed E-state index contributed by atoms with van der Waals surface area (Å²) in [5, 5.41) is 2.95. The molecule has 2 aromatic rings. The van der Waals surface area contributed by atoms with Crippen molar-refractivity contribution in [2.45, 2.75) is 24.9 Å². The van der Waals surface area contributed by atoms with Crippen LogP contribution in [0.2, 0.25) is 0 Å². The monoisotopic (exact) mass is 345 g/mol. The number of hydrogen-bond donors (Lipinski definition) is 1. The molecule has 7 nitrogen and oxygen atoms in total. The molecule has 25 heavy (non-hydrogen) atoms. The number of urea groups is 1. The van der Waals surface area contributed by atoms with Crippen molar-refractivity contribution in [1.29, 1.82) is 0 Å². The maximum Gasteiger partial charge on any atom is 0.317 e. The maximum absolute atomic E-state index is 12.5. The van der Waals surface area contributed by atoms with E-state index in [2.05, 4.69) is 10.3 Å². The fourth-order valence-electron chi connectivity index (χ4n) is 3.40. The lowest BCUT2D eigenvalue weighted by molar-refractivity contribution is -0.0856. The Morgan fingerprint density at radius 2 is 2.24 bits per heavy atom. The molecular weight excluding hydrogens is 322 g/mol. The minimum atomic E-state index is -0.0602. The number of likely N-dealkylation sites (tertiary alicyclic amines) is 1. The summed E-state index contributed by atoms with van der Waals surface area (Å²) in [6, 6.07) is 7.70. The van der Waals surface area contributed by atoms with Crippen LogP contribution in [0.1, 0.15) is 24.7 Å². The molecule has 3 heterocycles. The molecular formula is C18H23N3O4. The largest absolute Gasteiger partial charge is 0.440 e. The molecule has 7 heteroatoms. The van der Waals surface area contributed by atoms with Gasteiger partial charge in [0.25, 0.3) is 0 Å². The number of carbonyl (C=O) groups excluding carboxylic acids is 1.